The van der Waals surface area contributed by atoms with Crippen molar-refractivity contribution in [1.29, 1.82) is 0 Å². The number of aryl methyl sites for hydroxylation is 2. The number of hydrogen-bond acceptors (Lipinski definition) is 7. The molecule has 0 saturated carbocycles. The molecule has 0 bridgehead atoms. The molecule has 0 saturated heterocycles. The van der Waals surface area contributed by atoms with E-state index in [1.807, 2.05) is 35.9 Å². The number of hydrogen-bond donors (Lipinski definition) is 0. The normalized spacial score (nSPS) is 10.7. The van der Waals surface area contributed by atoms with Gasteiger partial charge in [-0.1, -0.05) is 36.3 Å². The van der Waals surface area contributed by atoms with Gasteiger partial charge in [-0.3, -0.25) is 9.59 Å². The smallest absolute Gasteiger partial charge is 0.306 e. The van der Waals surface area contributed by atoms with Crippen molar-refractivity contribution < 1.29 is 18.8 Å². The van der Waals surface area contributed by atoms with Crippen molar-refractivity contribution in [2.75, 3.05) is 6.61 Å². The second-order valence-electron chi connectivity index (χ2n) is 5.66. The number of nitrogens with zero attached hydrogens (tertiary/aromatic N) is 2. The fourth-order valence-electron chi connectivity index (χ4n) is 2.30. The van der Waals surface area contributed by atoms with Crippen LogP contribution in [-0.2, 0) is 22.4 Å². The molecule has 0 radical (unpaired) electrons. The molecule has 0 amide bonds. The fourth-order valence-corrected chi connectivity index (χ4v) is 2.94. The van der Waals surface area contributed by atoms with Gasteiger partial charge in [0.1, 0.15) is 0 Å². The monoisotopic (exact) mass is 370 g/mol. The van der Waals surface area contributed by atoms with Gasteiger partial charge in [-0.05, 0) is 23.4 Å². The van der Waals surface area contributed by atoms with Crippen LogP contribution >= 0.6 is 11.3 Å². The lowest BCUT2D eigenvalue weighted by Gasteiger charge is -2.04. The molecule has 3 aromatic rings. The van der Waals surface area contributed by atoms with Crippen LogP contribution < -0.4 is 0 Å². The van der Waals surface area contributed by atoms with Gasteiger partial charge < -0.3 is 9.26 Å². The van der Waals surface area contributed by atoms with E-state index in [1.165, 1.54) is 0 Å². The molecule has 7 heteroatoms. The second kappa shape index (κ2) is 8.53. The van der Waals surface area contributed by atoms with Crippen LogP contribution in [0.15, 0.2) is 45.6 Å². The van der Waals surface area contributed by atoms with E-state index in [2.05, 4.69) is 10.1 Å². The first-order valence-electron chi connectivity index (χ1n) is 8.28. The lowest BCUT2D eigenvalue weighted by molar-refractivity contribution is -0.142. The quantitative estimate of drug-likeness (QED) is 0.444. The Morgan fingerprint density at radius 3 is 2.69 bits per heavy atom. The van der Waals surface area contributed by atoms with Gasteiger partial charge in [-0.2, -0.15) is 16.3 Å². The van der Waals surface area contributed by atoms with Crippen molar-refractivity contribution in [3.63, 3.8) is 0 Å². The van der Waals surface area contributed by atoms with Crippen molar-refractivity contribution in [3.05, 3.63) is 58.1 Å². The summed E-state index contributed by atoms with van der Waals surface area (Å²) in [5.41, 5.74) is 2.57. The largest absolute Gasteiger partial charge is 0.457 e. The molecule has 0 aliphatic carbocycles. The van der Waals surface area contributed by atoms with Gasteiger partial charge in [0.25, 0.3) is 0 Å². The number of Topliss-reactive ketones (excluding diaryl/α,β-unsaturated/α-hetero) is 1. The molecule has 2 aromatic heterocycles. The van der Waals surface area contributed by atoms with E-state index < -0.39 is 5.97 Å². The van der Waals surface area contributed by atoms with Gasteiger partial charge in [-0.15, -0.1) is 0 Å². The maximum atomic E-state index is 12.0. The van der Waals surface area contributed by atoms with Crippen LogP contribution in [0.5, 0.6) is 0 Å². The molecule has 26 heavy (non-hydrogen) atoms. The van der Waals surface area contributed by atoms with Crippen LogP contribution in [0.3, 0.4) is 0 Å². The van der Waals surface area contributed by atoms with Crippen molar-refractivity contribution in [1.82, 2.24) is 10.1 Å². The summed E-state index contributed by atoms with van der Waals surface area (Å²) in [6, 6.07) is 9.19. The van der Waals surface area contributed by atoms with Crippen LogP contribution in [0.1, 0.15) is 35.2 Å². The number of thiophene rings is 1. The summed E-state index contributed by atoms with van der Waals surface area (Å²) in [6.45, 7) is 1.78. The molecule has 3 rings (SSSR count). The highest BCUT2D eigenvalue weighted by molar-refractivity contribution is 7.08. The average Bonchev–Trinajstić information content (AvgIpc) is 3.36. The first-order valence-corrected chi connectivity index (χ1v) is 9.23. The minimum Gasteiger partial charge on any atom is -0.457 e. The van der Waals surface area contributed by atoms with E-state index in [-0.39, 0.29) is 25.2 Å². The molecule has 0 N–H and O–H groups in total. The molecule has 0 spiro atoms. The second-order valence-corrected chi connectivity index (χ2v) is 6.44. The predicted molar refractivity (Wildman–Crippen MR) is 97.0 cm³/mol. The minimum atomic E-state index is -0.473. The molecule has 0 fully saturated rings. The minimum absolute atomic E-state index is 0.0767. The summed E-state index contributed by atoms with van der Waals surface area (Å²) in [4.78, 5) is 28.1. The lowest BCUT2D eigenvalue weighted by Crippen LogP contribution is -2.14. The maximum Gasteiger partial charge on any atom is 0.306 e. The van der Waals surface area contributed by atoms with Gasteiger partial charge in [0.15, 0.2) is 12.4 Å². The highest BCUT2D eigenvalue weighted by atomic mass is 32.1. The Labute approximate surface area is 154 Å². The topological polar surface area (TPSA) is 82.3 Å². The standard InChI is InChI=1S/C19H18N2O4S/c1-2-13-3-5-14(6-4-13)16(22)11-24-18(23)8-7-17-20-19(21-25-17)15-9-10-26-12-15/h3-6,9-10,12H,2,7-8,11H2,1H3. The van der Waals surface area contributed by atoms with E-state index in [1.54, 1.807) is 23.5 Å². The molecule has 6 nitrogen and oxygen atoms in total. The number of aromatic nitrogens is 2. The summed E-state index contributed by atoms with van der Waals surface area (Å²) in [5.74, 6) is 0.169. The average molecular weight is 370 g/mol. The molecule has 0 unspecified atom stereocenters. The van der Waals surface area contributed by atoms with Gasteiger partial charge >= 0.3 is 5.97 Å². The van der Waals surface area contributed by atoms with E-state index in [9.17, 15) is 9.59 Å². The van der Waals surface area contributed by atoms with Crippen LogP contribution in [0, 0.1) is 0 Å². The molecular weight excluding hydrogens is 352 g/mol. The Morgan fingerprint density at radius 1 is 1.19 bits per heavy atom. The molecule has 0 aliphatic rings. The number of carbonyl (C=O) groups excluding carboxylic acids is 2. The van der Waals surface area contributed by atoms with Gasteiger partial charge in [-0.25, -0.2) is 0 Å². The summed E-state index contributed by atoms with van der Waals surface area (Å²) in [6.07, 6.45) is 1.26. The lowest BCUT2D eigenvalue weighted by atomic mass is 10.1. The number of ketones is 1. The Hall–Kier alpha value is -2.80. The zero-order valence-corrected chi connectivity index (χ0v) is 15.1. The highest BCUT2D eigenvalue weighted by Crippen LogP contribution is 2.19. The van der Waals surface area contributed by atoms with Gasteiger partial charge in [0.2, 0.25) is 11.7 Å². The van der Waals surface area contributed by atoms with Crippen molar-refractivity contribution in [3.8, 4) is 11.4 Å². The molecule has 0 aliphatic heterocycles. The van der Waals surface area contributed by atoms with Crippen molar-refractivity contribution >= 4 is 23.1 Å². The molecule has 1 aromatic carbocycles. The Morgan fingerprint density at radius 2 is 2.00 bits per heavy atom. The van der Waals surface area contributed by atoms with Crippen LogP contribution in [0.2, 0.25) is 0 Å². The van der Waals surface area contributed by atoms with E-state index in [4.69, 9.17) is 9.26 Å². The zero-order valence-electron chi connectivity index (χ0n) is 14.3. The first kappa shape index (κ1) is 18.0. The Balaban J connectivity index is 1.44. The van der Waals surface area contributed by atoms with Crippen molar-refractivity contribution in [2.45, 2.75) is 26.2 Å². The summed E-state index contributed by atoms with van der Waals surface area (Å²) >= 11 is 1.54. The third-order valence-electron chi connectivity index (χ3n) is 3.84. The van der Waals surface area contributed by atoms with Crippen molar-refractivity contribution in [2.24, 2.45) is 0 Å². The molecule has 2 heterocycles. The van der Waals surface area contributed by atoms with Crippen LogP contribution in [0.4, 0.5) is 0 Å². The summed E-state index contributed by atoms with van der Waals surface area (Å²) in [7, 11) is 0. The van der Waals surface area contributed by atoms with Crippen LogP contribution in [0.25, 0.3) is 11.4 Å². The third-order valence-corrected chi connectivity index (χ3v) is 4.52. The number of ether oxygens (including phenoxy) is 1. The molecular formula is C19H18N2O4S. The van der Waals surface area contributed by atoms with Gasteiger partial charge in [0, 0.05) is 22.9 Å². The fraction of sp³-hybridized carbons (Fsp3) is 0.263. The van der Waals surface area contributed by atoms with E-state index in [0.717, 1.165) is 17.5 Å². The Kier molecular flexibility index (Phi) is 5.91. The summed E-state index contributed by atoms with van der Waals surface area (Å²) < 4.78 is 10.2. The third kappa shape index (κ3) is 4.64. The maximum absolute atomic E-state index is 12.0. The SMILES string of the molecule is CCc1ccc(C(=O)COC(=O)CCc2nc(-c3ccsc3)no2)cc1. The highest BCUT2D eigenvalue weighted by Gasteiger charge is 2.13. The molecule has 0 atom stereocenters. The van der Waals surface area contributed by atoms with Gasteiger partial charge in [0.05, 0.1) is 6.42 Å². The number of carbonyl (C=O) groups is 2. The number of rotatable bonds is 8. The summed E-state index contributed by atoms with van der Waals surface area (Å²) in [5, 5.41) is 7.72. The number of benzene rings is 1. The zero-order chi connectivity index (χ0) is 18.4. The first-order chi connectivity index (χ1) is 12.7. The molecule has 134 valence electrons. The predicted octanol–water partition coefficient (Wildman–Crippen LogP) is 3.72. The number of esters is 1. The van der Waals surface area contributed by atoms with Crippen LogP contribution in [-0.4, -0.2) is 28.5 Å². The van der Waals surface area contributed by atoms with E-state index >= 15 is 0 Å². The Bertz CT molecular complexity index is 869. The van der Waals surface area contributed by atoms with E-state index in [0.29, 0.717) is 17.3 Å².